The van der Waals surface area contributed by atoms with Gasteiger partial charge in [-0.05, 0) is 51.1 Å². The molecular weight excluding hydrogens is 359 g/mol. The van der Waals surface area contributed by atoms with Crippen molar-refractivity contribution in [3.05, 3.63) is 58.7 Å². The Hall–Kier alpha value is -3.10. The molecule has 0 radical (unpaired) electrons. The summed E-state index contributed by atoms with van der Waals surface area (Å²) in [4.78, 5) is 12.6. The number of anilines is 1. The van der Waals surface area contributed by atoms with Crippen LogP contribution in [-0.2, 0) is 13.2 Å². The van der Waals surface area contributed by atoms with Crippen LogP contribution in [0.1, 0.15) is 33.1 Å². The summed E-state index contributed by atoms with van der Waals surface area (Å²) in [6, 6.07) is 6.54. The van der Waals surface area contributed by atoms with Crippen LogP contribution in [0, 0.1) is 20.8 Å². The summed E-state index contributed by atoms with van der Waals surface area (Å²) in [7, 11) is 1.59. The van der Waals surface area contributed by atoms with Gasteiger partial charge in [0.15, 0.2) is 0 Å². The van der Waals surface area contributed by atoms with E-state index in [1.807, 2.05) is 0 Å². The normalized spacial score (nSPS) is 11.7. The molecule has 0 spiro atoms. The number of aromatic nitrogens is 4. The van der Waals surface area contributed by atoms with Gasteiger partial charge in [-0.15, -0.1) is 0 Å². The van der Waals surface area contributed by atoms with Crippen LogP contribution in [0.4, 0.5) is 18.9 Å². The average Bonchev–Trinajstić information content (AvgIpc) is 3.07. The third-order valence-electron chi connectivity index (χ3n) is 4.04. The number of hydrogen-bond acceptors (Lipinski definition) is 3. The van der Waals surface area contributed by atoms with Crippen molar-refractivity contribution in [3.8, 4) is 5.69 Å². The molecule has 3 aromatic rings. The van der Waals surface area contributed by atoms with Gasteiger partial charge in [-0.2, -0.15) is 23.4 Å². The van der Waals surface area contributed by atoms with Crippen LogP contribution < -0.4 is 5.32 Å². The van der Waals surface area contributed by atoms with Crippen LogP contribution in [0.2, 0.25) is 0 Å². The summed E-state index contributed by atoms with van der Waals surface area (Å²) < 4.78 is 42.4. The number of amides is 1. The fraction of sp³-hybridized carbons (Fsp3) is 0.278. The van der Waals surface area contributed by atoms with Crippen LogP contribution in [-0.4, -0.2) is 25.5 Å². The van der Waals surface area contributed by atoms with Crippen LogP contribution in [0.3, 0.4) is 0 Å². The smallest absolute Gasteiger partial charge is 0.319 e. The highest BCUT2D eigenvalue weighted by molar-refractivity contribution is 6.04. The van der Waals surface area contributed by atoms with Gasteiger partial charge in [-0.1, -0.05) is 0 Å². The second-order valence-corrected chi connectivity index (χ2v) is 6.32. The summed E-state index contributed by atoms with van der Waals surface area (Å²) in [5.41, 5.74) is 1.82. The van der Waals surface area contributed by atoms with Crippen LogP contribution in [0.5, 0.6) is 0 Å². The van der Waals surface area contributed by atoms with E-state index in [9.17, 15) is 18.0 Å². The number of rotatable bonds is 3. The van der Waals surface area contributed by atoms with Crippen LogP contribution in [0.25, 0.3) is 5.69 Å². The first kappa shape index (κ1) is 18.7. The van der Waals surface area contributed by atoms with E-state index in [0.29, 0.717) is 17.1 Å². The largest absolute Gasteiger partial charge is 0.416 e. The van der Waals surface area contributed by atoms with E-state index >= 15 is 0 Å². The number of hydrogen-bond donors (Lipinski definition) is 1. The Morgan fingerprint density at radius 3 is 2.22 bits per heavy atom. The van der Waals surface area contributed by atoms with E-state index in [1.54, 1.807) is 40.0 Å². The second kappa shape index (κ2) is 6.57. The lowest BCUT2D eigenvalue weighted by atomic mass is 10.1. The Kier molecular flexibility index (Phi) is 4.54. The van der Waals surface area contributed by atoms with E-state index in [1.165, 1.54) is 15.4 Å². The first-order valence-electron chi connectivity index (χ1n) is 8.13. The molecule has 0 aliphatic rings. The molecule has 1 aromatic carbocycles. The van der Waals surface area contributed by atoms with Gasteiger partial charge in [0, 0.05) is 12.7 Å². The summed E-state index contributed by atoms with van der Waals surface area (Å²) in [5.74, 6) is -0.555. The SMILES string of the molecule is Cc1cc(C(=O)Nc2cc(C(F)(F)F)ccc2-n2nc(C)cc2C)n(C)n1. The molecule has 27 heavy (non-hydrogen) atoms. The maximum atomic E-state index is 13.2. The highest BCUT2D eigenvalue weighted by Gasteiger charge is 2.31. The maximum absolute atomic E-state index is 13.2. The Bertz CT molecular complexity index is 1020. The molecule has 6 nitrogen and oxygen atoms in total. The van der Waals surface area contributed by atoms with Gasteiger partial charge in [0.2, 0.25) is 0 Å². The number of halogens is 3. The van der Waals surface area contributed by atoms with E-state index in [-0.39, 0.29) is 11.4 Å². The molecule has 0 aliphatic carbocycles. The molecule has 0 fully saturated rings. The Morgan fingerprint density at radius 2 is 1.70 bits per heavy atom. The second-order valence-electron chi connectivity index (χ2n) is 6.32. The first-order chi connectivity index (χ1) is 12.6. The molecule has 0 saturated heterocycles. The quantitative estimate of drug-likeness (QED) is 0.755. The van der Waals surface area contributed by atoms with Crippen LogP contribution in [0.15, 0.2) is 30.3 Å². The van der Waals surface area contributed by atoms with E-state index in [4.69, 9.17) is 0 Å². The third-order valence-corrected chi connectivity index (χ3v) is 4.04. The molecule has 2 heterocycles. The maximum Gasteiger partial charge on any atom is 0.416 e. The molecule has 0 atom stereocenters. The topological polar surface area (TPSA) is 64.7 Å². The lowest BCUT2D eigenvalue weighted by molar-refractivity contribution is -0.137. The van der Waals surface area contributed by atoms with Gasteiger partial charge >= 0.3 is 6.18 Å². The van der Waals surface area contributed by atoms with Crippen molar-refractivity contribution >= 4 is 11.6 Å². The Labute approximate surface area is 153 Å². The molecule has 1 N–H and O–H groups in total. The standard InChI is InChI=1S/C18H18F3N5O/c1-10-7-12(3)26(24-10)15-6-5-13(18(19,20)21)9-14(15)22-17(27)16-8-11(2)23-25(16)4/h5-9H,1-4H3,(H,22,27). The van der Waals surface area contributed by atoms with E-state index < -0.39 is 17.6 Å². The zero-order valence-electron chi connectivity index (χ0n) is 15.2. The van der Waals surface area contributed by atoms with E-state index in [2.05, 4.69) is 15.5 Å². The van der Waals surface area contributed by atoms with Gasteiger partial charge in [0.25, 0.3) is 5.91 Å². The first-order valence-corrected chi connectivity index (χ1v) is 8.13. The minimum atomic E-state index is -4.53. The molecule has 0 bridgehead atoms. The third kappa shape index (κ3) is 3.71. The van der Waals surface area contributed by atoms with Gasteiger partial charge in [-0.3, -0.25) is 9.48 Å². The summed E-state index contributed by atoms with van der Waals surface area (Å²) in [5, 5.41) is 11.0. The zero-order chi connectivity index (χ0) is 19.9. The summed E-state index contributed by atoms with van der Waals surface area (Å²) in [6.45, 7) is 5.29. The minimum Gasteiger partial charge on any atom is -0.319 e. The van der Waals surface area contributed by atoms with Crippen molar-refractivity contribution < 1.29 is 18.0 Å². The lowest BCUT2D eigenvalue weighted by Crippen LogP contribution is -2.18. The van der Waals surface area contributed by atoms with Gasteiger partial charge in [0.1, 0.15) is 5.69 Å². The summed E-state index contributed by atoms with van der Waals surface area (Å²) >= 11 is 0. The number of aryl methyl sites for hydroxylation is 4. The van der Waals surface area contributed by atoms with E-state index in [0.717, 1.165) is 17.8 Å². The minimum absolute atomic E-state index is 0.0138. The predicted molar refractivity (Wildman–Crippen MR) is 93.9 cm³/mol. The molecular formula is C18H18F3N5O. The number of carbonyl (C=O) groups excluding carboxylic acids is 1. The fourth-order valence-electron chi connectivity index (χ4n) is 2.88. The number of benzene rings is 1. The highest BCUT2D eigenvalue weighted by Crippen LogP contribution is 2.34. The number of nitrogens with one attached hydrogen (secondary N) is 1. The highest BCUT2D eigenvalue weighted by atomic mass is 19.4. The molecule has 9 heteroatoms. The lowest BCUT2D eigenvalue weighted by Gasteiger charge is -2.15. The molecule has 0 aliphatic heterocycles. The average molecular weight is 377 g/mol. The van der Waals surface area contributed by atoms with Crippen molar-refractivity contribution in [1.82, 2.24) is 19.6 Å². The van der Waals surface area contributed by atoms with Crippen molar-refractivity contribution in [2.45, 2.75) is 26.9 Å². The monoisotopic (exact) mass is 377 g/mol. The van der Waals surface area contributed by atoms with Crippen molar-refractivity contribution in [3.63, 3.8) is 0 Å². The zero-order valence-corrected chi connectivity index (χ0v) is 15.2. The van der Waals surface area contributed by atoms with Crippen LogP contribution >= 0.6 is 0 Å². The predicted octanol–water partition coefficient (Wildman–Crippen LogP) is 3.80. The molecule has 0 unspecified atom stereocenters. The number of nitrogens with zero attached hydrogens (tertiary/aromatic N) is 4. The van der Waals surface area contributed by atoms with Gasteiger partial charge < -0.3 is 5.32 Å². The Balaban J connectivity index is 2.09. The van der Waals surface area contributed by atoms with Gasteiger partial charge in [0.05, 0.1) is 28.3 Å². The van der Waals surface area contributed by atoms with Crippen molar-refractivity contribution in [2.24, 2.45) is 7.05 Å². The molecule has 2 aromatic heterocycles. The summed E-state index contributed by atoms with van der Waals surface area (Å²) in [6.07, 6.45) is -4.53. The van der Waals surface area contributed by atoms with Crippen molar-refractivity contribution in [1.29, 1.82) is 0 Å². The molecule has 0 saturated carbocycles. The van der Waals surface area contributed by atoms with Gasteiger partial charge in [-0.25, -0.2) is 4.68 Å². The molecule has 3 rings (SSSR count). The molecule has 1 amide bonds. The van der Waals surface area contributed by atoms with Crippen molar-refractivity contribution in [2.75, 3.05) is 5.32 Å². The fourth-order valence-corrected chi connectivity index (χ4v) is 2.88. The number of carbonyl (C=O) groups is 1. The Morgan fingerprint density at radius 1 is 1.04 bits per heavy atom. The number of alkyl halides is 3. The molecule has 142 valence electrons.